The van der Waals surface area contributed by atoms with Gasteiger partial charge < -0.3 is 21.3 Å². The minimum atomic E-state index is -0.599. The fourth-order valence-electron chi connectivity index (χ4n) is 2.25. The maximum absolute atomic E-state index is 11.1. The molecule has 1 aliphatic rings. The standard InChI is InChI=1S/C12H20N6O/c1-17-3-4-18(2)8(7-17)5-10-15-6-9(12(14)19)11(13)16-10/h6,8H,3-5,7H2,1-2H3,(H2,14,19)(H2,13,15,16). The summed E-state index contributed by atoms with van der Waals surface area (Å²) in [6, 6.07) is 0.359. The van der Waals surface area contributed by atoms with Crippen LogP contribution in [0.4, 0.5) is 5.82 Å². The first-order chi connectivity index (χ1) is 8.97. The molecule has 0 saturated carbocycles. The van der Waals surface area contributed by atoms with Gasteiger partial charge in [-0.2, -0.15) is 0 Å². The smallest absolute Gasteiger partial charge is 0.254 e. The predicted molar refractivity (Wildman–Crippen MR) is 72.6 cm³/mol. The lowest BCUT2D eigenvalue weighted by atomic mass is 10.1. The Kier molecular flexibility index (Phi) is 3.96. The van der Waals surface area contributed by atoms with Crippen molar-refractivity contribution in [2.45, 2.75) is 12.5 Å². The lowest BCUT2D eigenvalue weighted by molar-refractivity contribution is 0.1000. The zero-order valence-corrected chi connectivity index (χ0v) is 11.3. The first-order valence-corrected chi connectivity index (χ1v) is 6.27. The van der Waals surface area contributed by atoms with Crippen molar-refractivity contribution in [2.24, 2.45) is 5.73 Å². The Morgan fingerprint density at radius 1 is 1.47 bits per heavy atom. The monoisotopic (exact) mass is 264 g/mol. The summed E-state index contributed by atoms with van der Waals surface area (Å²) in [5.41, 5.74) is 11.1. The van der Waals surface area contributed by atoms with E-state index in [2.05, 4.69) is 33.9 Å². The molecule has 1 atom stereocenters. The number of primary amides is 1. The van der Waals surface area contributed by atoms with E-state index in [4.69, 9.17) is 11.5 Å². The maximum Gasteiger partial charge on any atom is 0.254 e. The van der Waals surface area contributed by atoms with Gasteiger partial charge in [-0.1, -0.05) is 0 Å². The van der Waals surface area contributed by atoms with Crippen LogP contribution in [0.3, 0.4) is 0 Å². The molecule has 0 spiro atoms. The summed E-state index contributed by atoms with van der Waals surface area (Å²) in [6.45, 7) is 3.06. The van der Waals surface area contributed by atoms with Gasteiger partial charge in [-0.15, -0.1) is 0 Å². The van der Waals surface area contributed by atoms with Crippen molar-refractivity contribution >= 4 is 11.7 Å². The number of rotatable bonds is 3. The topological polar surface area (TPSA) is 101 Å². The molecular formula is C12H20N6O. The van der Waals surface area contributed by atoms with Crippen molar-refractivity contribution in [3.63, 3.8) is 0 Å². The molecule has 1 saturated heterocycles. The number of hydrogen-bond acceptors (Lipinski definition) is 6. The first-order valence-electron chi connectivity index (χ1n) is 6.27. The summed E-state index contributed by atoms with van der Waals surface area (Å²) in [4.78, 5) is 24.0. The van der Waals surface area contributed by atoms with Crippen LogP contribution in [0.5, 0.6) is 0 Å². The van der Waals surface area contributed by atoms with Gasteiger partial charge in [-0.3, -0.25) is 4.79 Å². The molecule has 0 bridgehead atoms. The number of nitrogens with zero attached hydrogens (tertiary/aromatic N) is 4. The van der Waals surface area contributed by atoms with Crippen molar-refractivity contribution in [3.05, 3.63) is 17.6 Å². The summed E-state index contributed by atoms with van der Waals surface area (Å²) >= 11 is 0. The van der Waals surface area contributed by atoms with E-state index in [1.54, 1.807) is 0 Å². The van der Waals surface area contributed by atoms with Crippen LogP contribution in [-0.4, -0.2) is 65.4 Å². The molecule has 4 N–H and O–H groups in total. The van der Waals surface area contributed by atoms with Crippen LogP contribution in [0.1, 0.15) is 16.2 Å². The van der Waals surface area contributed by atoms with Crippen LogP contribution in [0.15, 0.2) is 6.20 Å². The van der Waals surface area contributed by atoms with Gasteiger partial charge in [0.1, 0.15) is 11.6 Å². The van der Waals surface area contributed by atoms with Gasteiger partial charge in [0.25, 0.3) is 5.91 Å². The Hall–Kier alpha value is -1.73. The van der Waals surface area contributed by atoms with E-state index in [1.807, 2.05) is 0 Å². The van der Waals surface area contributed by atoms with Crippen LogP contribution in [0, 0.1) is 0 Å². The fourth-order valence-corrected chi connectivity index (χ4v) is 2.25. The molecule has 7 heteroatoms. The molecule has 1 fully saturated rings. The van der Waals surface area contributed by atoms with E-state index in [-0.39, 0.29) is 11.4 Å². The van der Waals surface area contributed by atoms with Crippen molar-refractivity contribution in [1.82, 2.24) is 19.8 Å². The molecule has 1 aliphatic heterocycles. The molecule has 7 nitrogen and oxygen atoms in total. The molecule has 0 aliphatic carbocycles. The maximum atomic E-state index is 11.1. The number of nitrogen functional groups attached to an aromatic ring is 1. The number of nitrogens with two attached hydrogens (primary N) is 2. The van der Waals surface area contributed by atoms with E-state index in [0.29, 0.717) is 18.3 Å². The molecule has 1 unspecified atom stereocenters. The van der Waals surface area contributed by atoms with Gasteiger partial charge in [0, 0.05) is 38.3 Å². The Bertz CT molecular complexity index is 477. The van der Waals surface area contributed by atoms with Crippen LogP contribution >= 0.6 is 0 Å². The normalized spacial score (nSPS) is 21.5. The Morgan fingerprint density at radius 3 is 2.84 bits per heavy atom. The van der Waals surface area contributed by atoms with Gasteiger partial charge in [0.05, 0.1) is 5.56 Å². The SMILES string of the molecule is CN1CCN(C)C(Cc2ncc(C(N)=O)c(N)n2)C1. The van der Waals surface area contributed by atoms with Crippen molar-refractivity contribution in [3.8, 4) is 0 Å². The third-order valence-electron chi connectivity index (χ3n) is 3.53. The molecule has 1 aromatic rings. The Balaban J connectivity index is 2.10. The summed E-state index contributed by atoms with van der Waals surface area (Å²) < 4.78 is 0. The molecule has 19 heavy (non-hydrogen) atoms. The molecular weight excluding hydrogens is 244 g/mol. The Morgan fingerprint density at radius 2 is 2.21 bits per heavy atom. The summed E-state index contributed by atoms with van der Waals surface area (Å²) in [6.07, 6.45) is 2.12. The third-order valence-corrected chi connectivity index (χ3v) is 3.53. The van der Waals surface area contributed by atoms with E-state index in [0.717, 1.165) is 19.6 Å². The highest BCUT2D eigenvalue weighted by atomic mass is 16.1. The Labute approximate surface area is 112 Å². The van der Waals surface area contributed by atoms with Crippen molar-refractivity contribution < 1.29 is 4.79 Å². The summed E-state index contributed by atoms with van der Waals surface area (Å²) in [5.74, 6) is 0.206. The quantitative estimate of drug-likeness (QED) is 0.722. The van der Waals surface area contributed by atoms with E-state index in [1.165, 1.54) is 6.20 Å². The second-order valence-electron chi connectivity index (χ2n) is 5.05. The average Bonchev–Trinajstić information content (AvgIpc) is 2.33. The lowest BCUT2D eigenvalue weighted by Gasteiger charge is -2.37. The number of piperazine rings is 1. The molecule has 0 aromatic carbocycles. The van der Waals surface area contributed by atoms with Crippen molar-refractivity contribution in [2.75, 3.05) is 39.5 Å². The second-order valence-corrected chi connectivity index (χ2v) is 5.05. The average molecular weight is 264 g/mol. The van der Waals surface area contributed by atoms with Gasteiger partial charge in [-0.25, -0.2) is 9.97 Å². The van der Waals surface area contributed by atoms with Crippen molar-refractivity contribution in [1.29, 1.82) is 0 Å². The second kappa shape index (κ2) is 5.50. The summed E-state index contributed by atoms with van der Waals surface area (Å²) in [7, 11) is 4.20. The van der Waals surface area contributed by atoms with E-state index < -0.39 is 5.91 Å². The number of anilines is 1. The number of aromatic nitrogens is 2. The zero-order chi connectivity index (χ0) is 14.0. The highest BCUT2D eigenvalue weighted by Crippen LogP contribution is 2.12. The number of likely N-dealkylation sites (N-methyl/N-ethyl adjacent to an activating group) is 2. The molecule has 2 rings (SSSR count). The van der Waals surface area contributed by atoms with Crippen LogP contribution in [0.25, 0.3) is 0 Å². The highest BCUT2D eigenvalue weighted by molar-refractivity contribution is 5.96. The zero-order valence-electron chi connectivity index (χ0n) is 11.3. The fraction of sp³-hybridized carbons (Fsp3) is 0.583. The van der Waals surface area contributed by atoms with Crippen LogP contribution in [-0.2, 0) is 6.42 Å². The number of hydrogen-bond donors (Lipinski definition) is 2. The molecule has 2 heterocycles. The number of amides is 1. The number of carbonyl (C=O) groups excluding carboxylic acids is 1. The molecule has 104 valence electrons. The minimum absolute atomic E-state index is 0.157. The third kappa shape index (κ3) is 3.18. The minimum Gasteiger partial charge on any atom is -0.383 e. The molecule has 0 radical (unpaired) electrons. The largest absolute Gasteiger partial charge is 0.383 e. The molecule has 1 aromatic heterocycles. The van der Waals surface area contributed by atoms with E-state index in [9.17, 15) is 4.79 Å². The first kappa shape index (κ1) is 13.7. The van der Waals surface area contributed by atoms with E-state index >= 15 is 0 Å². The van der Waals surface area contributed by atoms with Crippen LogP contribution in [0.2, 0.25) is 0 Å². The van der Waals surface area contributed by atoms with Gasteiger partial charge in [-0.05, 0) is 14.1 Å². The van der Waals surface area contributed by atoms with Gasteiger partial charge in [0.15, 0.2) is 0 Å². The molecule has 1 amide bonds. The van der Waals surface area contributed by atoms with Gasteiger partial charge in [0.2, 0.25) is 0 Å². The van der Waals surface area contributed by atoms with Crippen LogP contribution < -0.4 is 11.5 Å². The lowest BCUT2D eigenvalue weighted by Crippen LogP contribution is -2.51. The van der Waals surface area contributed by atoms with Gasteiger partial charge >= 0.3 is 0 Å². The highest BCUT2D eigenvalue weighted by Gasteiger charge is 2.23. The summed E-state index contributed by atoms with van der Waals surface area (Å²) in [5, 5.41) is 0. The number of carbonyl (C=O) groups is 1. The predicted octanol–water partition coefficient (Wildman–Crippen LogP) is -1.05.